The fraction of sp³-hybridized carbons (Fsp3) is 0.714. The second-order valence-electron chi connectivity index (χ2n) is 8.96. The number of aliphatic hydroxyl groups excluding tert-OH is 1. The summed E-state index contributed by atoms with van der Waals surface area (Å²) < 4.78 is 14.5. The number of halogens is 1. The lowest BCUT2D eigenvalue weighted by Crippen LogP contribution is -2.50. The van der Waals surface area contributed by atoms with E-state index in [9.17, 15) is 5.11 Å². The van der Waals surface area contributed by atoms with E-state index < -0.39 is 11.7 Å². The fourth-order valence-corrected chi connectivity index (χ4v) is 6.62. The highest BCUT2D eigenvalue weighted by Gasteiger charge is 2.48. The van der Waals surface area contributed by atoms with Gasteiger partial charge in [0.15, 0.2) is 0 Å². The van der Waals surface area contributed by atoms with E-state index in [2.05, 4.69) is 28.7 Å². The molecular formula is C21H29ClN4O3S. The standard InChI is InChI=1S/C21H29ClN4O3S/c1-13-8-21(20-15(7-19(22)30-20)18(27)12-29-21)9-16(23-13)17-10-26(25-24-17)5-4-14-3-2-6-28-11-14/h7,10,13-14,16,18,23,27H,2-6,8-9,11-12H2,1H3/t13-,14?,16-,18+,21-/m0/s1. The molecule has 9 heteroatoms. The average molecular weight is 453 g/mol. The number of aryl methyl sites for hydroxylation is 1. The Labute approximate surface area is 185 Å². The second kappa shape index (κ2) is 8.48. The van der Waals surface area contributed by atoms with Gasteiger partial charge < -0.3 is 19.9 Å². The summed E-state index contributed by atoms with van der Waals surface area (Å²) in [6.07, 6.45) is 6.51. The van der Waals surface area contributed by atoms with E-state index in [0.29, 0.717) is 16.9 Å². The number of fused-ring (bicyclic) bond motifs is 2. The van der Waals surface area contributed by atoms with Crippen LogP contribution in [0.15, 0.2) is 12.3 Å². The molecule has 0 saturated carbocycles. The Morgan fingerprint density at radius 3 is 3.13 bits per heavy atom. The van der Waals surface area contributed by atoms with E-state index in [1.165, 1.54) is 17.8 Å². The topological polar surface area (TPSA) is 81.4 Å². The SMILES string of the molecule is C[C@H]1C[C@@]2(C[C@@H](c3cn(CCC4CCCOC4)nn3)N1)OC[C@@H](O)c1cc(Cl)sc12. The molecule has 2 aromatic heterocycles. The predicted molar refractivity (Wildman–Crippen MR) is 115 cm³/mol. The van der Waals surface area contributed by atoms with Crippen molar-refractivity contribution >= 4 is 22.9 Å². The van der Waals surface area contributed by atoms with Gasteiger partial charge in [-0.15, -0.1) is 16.4 Å². The third kappa shape index (κ3) is 4.06. The number of hydrogen-bond acceptors (Lipinski definition) is 7. The van der Waals surface area contributed by atoms with Gasteiger partial charge in [0.2, 0.25) is 0 Å². The maximum Gasteiger partial charge on any atom is 0.106 e. The van der Waals surface area contributed by atoms with Crippen LogP contribution >= 0.6 is 22.9 Å². The Morgan fingerprint density at radius 1 is 1.40 bits per heavy atom. The summed E-state index contributed by atoms with van der Waals surface area (Å²) in [4.78, 5) is 1.06. The van der Waals surface area contributed by atoms with Crippen LogP contribution < -0.4 is 5.32 Å². The van der Waals surface area contributed by atoms with Crippen molar-refractivity contribution in [3.05, 3.63) is 32.7 Å². The lowest BCUT2D eigenvalue weighted by Gasteiger charge is -2.46. The smallest absolute Gasteiger partial charge is 0.106 e. The van der Waals surface area contributed by atoms with E-state index in [4.69, 9.17) is 21.1 Å². The second-order valence-corrected chi connectivity index (χ2v) is 10.6. The van der Waals surface area contributed by atoms with Crippen molar-refractivity contribution in [2.24, 2.45) is 5.92 Å². The maximum absolute atomic E-state index is 10.4. The van der Waals surface area contributed by atoms with Crippen LogP contribution in [0.3, 0.4) is 0 Å². The summed E-state index contributed by atoms with van der Waals surface area (Å²) in [5.41, 5.74) is 1.42. The van der Waals surface area contributed by atoms with Gasteiger partial charge in [0.1, 0.15) is 11.7 Å². The molecule has 2 saturated heterocycles. The largest absolute Gasteiger partial charge is 0.386 e. The number of aromatic nitrogens is 3. The molecule has 5 heterocycles. The van der Waals surface area contributed by atoms with Crippen LogP contribution in [0.4, 0.5) is 0 Å². The monoisotopic (exact) mass is 452 g/mol. The molecule has 0 amide bonds. The molecule has 5 atom stereocenters. The summed E-state index contributed by atoms with van der Waals surface area (Å²) in [7, 11) is 0. The predicted octanol–water partition coefficient (Wildman–Crippen LogP) is 3.58. The highest BCUT2D eigenvalue weighted by molar-refractivity contribution is 7.16. The maximum atomic E-state index is 10.4. The molecule has 2 aromatic rings. The van der Waals surface area contributed by atoms with E-state index >= 15 is 0 Å². The van der Waals surface area contributed by atoms with Gasteiger partial charge in [0.25, 0.3) is 0 Å². The minimum absolute atomic E-state index is 0.0458. The quantitative estimate of drug-likeness (QED) is 0.737. The van der Waals surface area contributed by atoms with E-state index in [0.717, 1.165) is 61.6 Å². The molecule has 164 valence electrons. The van der Waals surface area contributed by atoms with Crippen LogP contribution in [-0.4, -0.2) is 46.0 Å². The van der Waals surface area contributed by atoms with Gasteiger partial charge in [0.05, 0.1) is 28.9 Å². The Bertz CT molecular complexity index is 883. The highest BCUT2D eigenvalue weighted by atomic mass is 35.5. The molecular weight excluding hydrogens is 424 g/mol. The van der Waals surface area contributed by atoms with Crippen LogP contribution in [0, 0.1) is 5.92 Å². The van der Waals surface area contributed by atoms with Crippen molar-refractivity contribution in [3.8, 4) is 0 Å². The number of nitrogens with one attached hydrogen (secondary N) is 1. The Balaban J connectivity index is 1.32. The molecule has 0 bridgehead atoms. The fourth-order valence-electron chi connectivity index (χ4n) is 5.17. The number of aliphatic hydroxyl groups is 1. The minimum Gasteiger partial charge on any atom is -0.386 e. The molecule has 5 rings (SSSR count). The normalized spacial score (nSPS) is 34.2. The van der Waals surface area contributed by atoms with Gasteiger partial charge in [-0.2, -0.15) is 0 Å². The van der Waals surface area contributed by atoms with Crippen molar-refractivity contribution in [1.82, 2.24) is 20.3 Å². The highest BCUT2D eigenvalue weighted by Crippen LogP contribution is 2.51. The van der Waals surface area contributed by atoms with E-state index in [1.54, 1.807) is 0 Å². The Morgan fingerprint density at radius 2 is 2.30 bits per heavy atom. The zero-order valence-corrected chi connectivity index (χ0v) is 18.8. The molecule has 0 radical (unpaired) electrons. The summed E-state index contributed by atoms with van der Waals surface area (Å²) >= 11 is 7.84. The van der Waals surface area contributed by atoms with Gasteiger partial charge in [0, 0.05) is 42.7 Å². The van der Waals surface area contributed by atoms with Crippen LogP contribution in [0.2, 0.25) is 4.34 Å². The van der Waals surface area contributed by atoms with Gasteiger partial charge in [-0.25, -0.2) is 0 Å². The van der Waals surface area contributed by atoms with Crippen LogP contribution in [-0.2, 0) is 21.6 Å². The van der Waals surface area contributed by atoms with Crippen molar-refractivity contribution in [2.45, 2.75) is 69.4 Å². The third-order valence-corrected chi connectivity index (χ3v) is 8.08. The van der Waals surface area contributed by atoms with Gasteiger partial charge >= 0.3 is 0 Å². The van der Waals surface area contributed by atoms with Gasteiger partial charge in [-0.3, -0.25) is 4.68 Å². The third-order valence-electron chi connectivity index (χ3n) is 6.61. The van der Waals surface area contributed by atoms with E-state index in [1.807, 2.05) is 10.7 Å². The molecule has 1 spiro atoms. The number of thiophene rings is 1. The van der Waals surface area contributed by atoms with Crippen molar-refractivity contribution in [3.63, 3.8) is 0 Å². The Kier molecular flexibility index (Phi) is 5.90. The molecule has 3 aliphatic heterocycles. The first-order valence-corrected chi connectivity index (χ1v) is 12.1. The van der Waals surface area contributed by atoms with Crippen molar-refractivity contribution in [1.29, 1.82) is 0 Å². The first kappa shape index (κ1) is 20.8. The number of rotatable bonds is 4. The zero-order chi connectivity index (χ0) is 20.7. The molecule has 3 aliphatic rings. The zero-order valence-electron chi connectivity index (χ0n) is 17.2. The lowest BCUT2D eigenvalue weighted by molar-refractivity contribution is -0.129. The van der Waals surface area contributed by atoms with Crippen LogP contribution in [0.5, 0.6) is 0 Å². The molecule has 1 unspecified atom stereocenters. The summed E-state index contributed by atoms with van der Waals surface area (Å²) in [6.45, 7) is 5.09. The molecule has 2 N–H and O–H groups in total. The minimum atomic E-state index is -0.609. The summed E-state index contributed by atoms with van der Waals surface area (Å²) in [5.74, 6) is 0.617. The van der Waals surface area contributed by atoms with Crippen LogP contribution in [0.25, 0.3) is 0 Å². The summed E-state index contributed by atoms with van der Waals surface area (Å²) in [6, 6.07) is 2.19. The number of ether oxygens (including phenoxy) is 2. The van der Waals surface area contributed by atoms with Crippen molar-refractivity contribution in [2.75, 3.05) is 19.8 Å². The number of hydrogen-bond donors (Lipinski definition) is 2. The van der Waals surface area contributed by atoms with Gasteiger partial charge in [-0.1, -0.05) is 16.8 Å². The molecule has 0 aromatic carbocycles. The lowest BCUT2D eigenvalue weighted by atomic mass is 9.79. The molecule has 7 nitrogen and oxygen atoms in total. The Hall–Kier alpha value is -1.03. The molecule has 0 aliphatic carbocycles. The van der Waals surface area contributed by atoms with E-state index in [-0.39, 0.29) is 12.1 Å². The number of piperidine rings is 1. The first-order chi connectivity index (χ1) is 14.5. The first-order valence-electron chi connectivity index (χ1n) is 10.9. The molecule has 30 heavy (non-hydrogen) atoms. The molecule has 2 fully saturated rings. The summed E-state index contributed by atoms with van der Waals surface area (Å²) in [5, 5.41) is 22.9. The van der Waals surface area contributed by atoms with Crippen LogP contribution in [0.1, 0.15) is 67.3 Å². The van der Waals surface area contributed by atoms with Crippen molar-refractivity contribution < 1.29 is 14.6 Å². The number of nitrogens with zero attached hydrogens (tertiary/aromatic N) is 3. The van der Waals surface area contributed by atoms with Gasteiger partial charge in [-0.05, 0) is 44.6 Å². The average Bonchev–Trinajstić information content (AvgIpc) is 3.37.